The van der Waals surface area contributed by atoms with E-state index in [4.69, 9.17) is 52.1 Å². The summed E-state index contributed by atoms with van der Waals surface area (Å²) in [6.07, 6.45) is 0. The summed E-state index contributed by atoms with van der Waals surface area (Å²) in [4.78, 5) is 61.7. The van der Waals surface area contributed by atoms with Crippen molar-refractivity contribution in [1.82, 2.24) is 0 Å². The van der Waals surface area contributed by atoms with Gasteiger partial charge >= 0.3 is 29.8 Å². The van der Waals surface area contributed by atoms with E-state index in [1.54, 1.807) is 71.0 Å². The van der Waals surface area contributed by atoms with Gasteiger partial charge in [-0.05, 0) is 103 Å². The van der Waals surface area contributed by atoms with Crippen molar-refractivity contribution in [2.45, 2.75) is 34.6 Å². The number of esters is 5. The van der Waals surface area contributed by atoms with Gasteiger partial charge in [0.2, 0.25) is 0 Å². The average molecular weight is 769 g/mol. The van der Waals surface area contributed by atoms with Crippen LogP contribution < -0.4 is 28.4 Å². The molecule has 0 radical (unpaired) electrons. The fraction of sp³-hybridized carbons (Fsp3) is 0.410. The zero-order valence-corrected chi connectivity index (χ0v) is 31.6. The summed E-state index contributed by atoms with van der Waals surface area (Å²) in [5, 5.41) is 3.27. The average Bonchev–Trinajstić information content (AvgIpc) is 3.16. The molecule has 4 aromatic rings. The molecular formula is C39H44O16. The molecule has 4 aromatic carbocycles. The topological polar surface area (TPSA) is 187 Å². The Morgan fingerprint density at radius 3 is 0.709 bits per heavy atom. The minimum Gasteiger partial charge on any atom is -0.493 e. The molecular weight excluding hydrogens is 724 g/mol. The number of methoxy groups -OCH3 is 1. The van der Waals surface area contributed by atoms with E-state index < -0.39 is 62.9 Å². The van der Waals surface area contributed by atoms with E-state index >= 15 is 0 Å². The van der Waals surface area contributed by atoms with Crippen molar-refractivity contribution < 1.29 is 76.1 Å². The van der Waals surface area contributed by atoms with Gasteiger partial charge in [-0.1, -0.05) is 0 Å². The summed E-state index contributed by atoms with van der Waals surface area (Å²) in [7, 11) is 1.44. The molecule has 16 nitrogen and oxygen atoms in total. The minimum atomic E-state index is -0.643. The highest BCUT2D eigenvalue weighted by Gasteiger charge is 2.22. The Hall–Kier alpha value is -6.19. The Balaban J connectivity index is 2.06. The van der Waals surface area contributed by atoms with Gasteiger partial charge in [0.15, 0.2) is 67.5 Å². The maximum atomic E-state index is 12.4. The van der Waals surface area contributed by atoms with Gasteiger partial charge in [0.05, 0.1) is 40.1 Å². The highest BCUT2D eigenvalue weighted by molar-refractivity contribution is 6.27. The maximum Gasteiger partial charge on any atom is 0.344 e. The third kappa shape index (κ3) is 10.9. The molecule has 0 aliphatic carbocycles. The van der Waals surface area contributed by atoms with Gasteiger partial charge < -0.3 is 52.1 Å². The number of carbonyl (C=O) groups excluding carboxylic acids is 5. The van der Waals surface area contributed by atoms with E-state index in [-0.39, 0.29) is 67.5 Å². The van der Waals surface area contributed by atoms with Crippen LogP contribution in [0.5, 0.6) is 34.5 Å². The number of hydrogen-bond donors (Lipinski definition) is 0. The first kappa shape index (κ1) is 41.6. The van der Waals surface area contributed by atoms with Crippen LogP contribution >= 0.6 is 0 Å². The number of ether oxygens (including phenoxy) is 11. The number of rotatable bonds is 21. The molecule has 0 N–H and O–H groups in total. The van der Waals surface area contributed by atoms with Crippen molar-refractivity contribution in [3.63, 3.8) is 0 Å². The molecule has 296 valence electrons. The van der Waals surface area contributed by atoms with Gasteiger partial charge in [-0.25, -0.2) is 24.0 Å². The van der Waals surface area contributed by atoms with Gasteiger partial charge in [-0.15, -0.1) is 0 Å². The van der Waals surface area contributed by atoms with E-state index in [2.05, 4.69) is 0 Å². The van der Waals surface area contributed by atoms with Gasteiger partial charge in [-0.3, -0.25) is 0 Å². The normalized spacial score (nSPS) is 10.7. The smallest absolute Gasteiger partial charge is 0.344 e. The van der Waals surface area contributed by atoms with E-state index in [1.165, 1.54) is 7.11 Å². The molecule has 0 spiro atoms. The Labute approximate surface area is 316 Å². The predicted octanol–water partition coefficient (Wildman–Crippen LogP) is 4.86. The van der Waals surface area contributed by atoms with Gasteiger partial charge in [0.1, 0.15) is 0 Å². The molecule has 0 fully saturated rings. The van der Waals surface area contributed by atoms with Crippen LogP contribution in [0, 0.1) is 0 Å². The first-order chi connectivity index (χ1) is 26.6. The Morgan fingerprint density at radius 2 is 0.527 bits per heavy atom. The third-order valence-corrected chi connectivity index (χ3v) is 7.60. The Morgan fingerprint density at radius 1 is 0.345 bits per heavy atom. The van der Waals surface area contributed by atoms with Crippen molar-refractivity contribution >= 4 is 62.2 Å². The number of carbonyl (C=O) groups is 5. The Bertz CT molecular complexity index is 1960. The summed E-state index contributed by atoms with van der Waals surface area (Å²) in [6.45, 7) is 6.68. The lowest BCUT2D eigenvalue weighted by Gasteiger charge is -2.20. The molecule has 0 aliphatic rings. The second-order valence-corrected chi connectivity index (χ2v) is 11.2. The van der Waals surface area contributed by atoms with Crippen LogP contribution in [-0.2, 0) is 47.7 Å². The molecule has 16 heteroatoms. The van der Waals surface area contributed by atoms with Crippen LogP contribution in [-0.4, -0.2) is 103 Å². The number of benzene rings is 4. The van der Waals surface area contributed by atoms with Crippen LogP contribution in [0.15, 0.2) is 36.4 Å². The summed E-state index contributed by atoms with van der Waals surface area (Å²) >= 11 is 0. The van der Waals surface area contributed by atoms with Crippen LogP contribution in [0.1, 0.15) is 34.6 Å². The lowest BCUT2D eigenvalue weighted by molar-refractivity contribution is -0.146. The molecule has 0 aromatic heterocycles. The van der Waals surface area contributed by atoms with E-state index in [0.29, 0.717) is 32.3 Å². The van der Waals surface area contributed by atoms with Gasteiger partial charge in [-0.2, -0.15) is 0 Å². The van der Waals surface area contributed by atoms with Gasteiger partial charge in [0, 0.05) is 0 Å². The van der Waals surface area contributed by atoms with E-state index in [1.807, 2.05) is 0 Å². The first-order valence-corrected chi connectivity index (χ1v) is 17.6. The second kappa shape index (κ2) is 20.3. The summed E-state index contributed by atoms with van der Waals surface area (Å²) in [5.41, 5.74) is 0. The van der Waals surface area contributed by atoms with Crippen molar-refractivity contribution in [3.8, 4) is 34.5 Å². The molecule has 0 heterocycles. The quantitative estimate of drug-likeness (QED) is 0.0634. The van der Waals surface area contributed by atoms with Crippen molar-refractivity contribution in [2.75, 3.05) is 73.2 Å². The van der Waals surface area contributed by atoms with E-state index in [9.17, 15) is 24.0 Å². The molecule has 55 heavy (non-hydrogen) atoms. The highest BCUT2D eigenvalue weighted by atomic mass is 16.6. The first-order valence-electron chi connectivity index (χ1n) is 17.6. The van der Waals surface area contributed by atoms with Crippen molar-refractivity contribution in [3.05, 3.63) is 36.4 Å². The lowest BCUT2D eigenvalue weighted by Crippen LogP contribution is -2.17. The summed E-state index contributed by atoms with van der Waals surface area (Å²) in [5.74, 6) is -2.33. The molecule has 0 bridgehead atoms. The monoisotopic (exact) mass is 768 g/mol. The van der Waals surface area contributed by atoms with Crippen molar-refractivity contribution in [2.24, 2.45) is 0 Å². The highest BCUT2D eigenvalue weighted by Crippen LogP contribution is 2.47. The standard InChI is InChI=1S/C39H44O16/c1-7-46-35(40)18-51-30-13-24-23(12-29(30)45-6)25-14-31(52-19-36(41)47-8-2)33(54-21-38(43)49-10-4)16-27(25)28-17-34(55-22-39(44)50-11-5)32(15-26(24)28)53-20-37(42)48-9-3/h12-17H,7-11,18-22H2,1-6H3. The van der Waals surface area contributed by atoms with Crippen molar-refractivity contribution in [1.29, 1.82) is 0 Å². The molecule has 0 saturated heterocycles. The predicted molar refractivity (Wildman–Crippen MR) is 196 cm³/mol. The number of hydrogen-bond acceptors (Lipinski definition) is 16. The van der Waals surface area contributed by atoms with Crippen LogP contribution in [0.2, 0.25) is 0 Å². The number of fused-ring (bicyclic) bond motifs is 6. The van der Waals surface area contributed by atoms with Crippen LogP contribution in [0.4, 0.5) is 0 Å². The van der Waals surface area contributed by atoms with Gasteiger partial charge in [0.25, 0.3) is 0 Å². The molecule has 0 amide bonds. The SMILES string of the molecule is CCOC(=O)COc1cc2c(cc1OC)c1cc(OCC(=O)OCC)c(OCC(=O)OCC)cc1c1cc(OCC(=O)OCC)c(OCC(=O)OCC)cc21. The zero-order valence-electron chi connectivity index (χ0n) is 31.6. The second-order valence-electron chi connectivity index (χ2n) is 11.2. The lowest BCUT2D eigenvalue weighted by atomic mass is 9.93. The Kier molecular flexibility index (Phi) is 15.4. The third-order valence-electron chi connectivity index (χ3n) is 7.60. The van der Waals surface area contributed by atoms with Crippen LogP contribution in [0.25, 0.3) is 32.3 Å². The fourth-order valence-corrected chi connectivity index (χ4v) is 5.44. The molecule has 0 saturated carbocycles. The summed E-state index contributed by atoms with van der Waals surface area (Å²) < 4.78 is 60.3. The largest absolute Gasteiger partial charge is 0.493 e. The molecule has 0 atom stereocenters. The fourth-order valence-electron chi connectivity index (χ4n) is 5.44. The molecule has 0 aliphatic heterocycles. The summed E-state index contributed by atoms with van der Waals surface area (Å²) in [6, 6.07) is 9.81. The zero-order chi connectivity index (χ0) is 39.9. The van der Waals surface area contributed by atoms with E-state index in [0.717, 1.165) is 0 Å². The molecule has 4 rings (SSSR count). The molecule has 0 unspecified atom stereocenters. The van der Waals surface area contributed by atoms with Crippen LogP contribution in [0.3, 0.4) is 0 Å². The maximum absolute atomic E-state index is 12.4. The minimum absolute atomic E-state index is 0.0782.